The van der Waals surface area contributed by atoms with Crippen LogP contribution in [0.4, 0.5) is 0 Å². The number of hydrogen-bond donors (Lipinski definition) is 0. The summed E-state index contributed by atoms with van der Waals surface area (Å²) in [6.07, 6.45) is 3.02. The molecule has 0 saturated carbocycles. The minimum absolute atomic E-state index is 0.133. The Hall–Kier alpha value is -1.85. The van der Waals surface area contributed by atoms with Crippen molar-refractivity contribution in [1.82, 2.24) is 4.90 Å². The standard InChI is InChI=1S/C20H17BrN2OS/c21-17-8-6-14(7-9-17)12-18-19(24)22-20(25-18)23-11-10-16(13-23)15-4-2-1-3-5-15/h1-9,12,16H,10-11,13H2/b18-12-/t16-/m0/s1. The normalized spacial score (nSPS) is 21.9. The van der Waals surface area contributed by atoms with Crippen LogP contribution in [0.3, 0.4) is 0 Å². The van der Waals surface area contributed by atoms with Gasteiger partial charge in [0.15, 0.2) is 5.17 Å². The number of carbonyl (C=O) groups excluding carboxylic acids is 1. The SMILES string of the molecule is O=C1N=C(N2CC[C@H](c3ccccc3)C2)S/C1=C\c1ccc(Br)cc1. The van der Waals surface area contributed by atoms with E-state index < -0.39 is 0 Å². The van der Waals surface area contributed by atoms with E-state index in [1.807, 2.05) is 36.4 Å². The van der Waals surface area contributed by atoms with Gasteiger partial charge in [-0.05, 0) is 47.5 Å². The van der Waals surface area contributed by atoms with Gasteiger partial charge in [0.2, 0.25) is 0 Å². The summed E-state index contributed by atoms with van der Waals surface area (Å²) in [6, 6.07) is 18.5. The molecule has 1 saturated heterocycles. The van der Waals surface area contributed by atoms with Crippen LogP contribution in [-0.2, 0) is 4.79 Å². The molecule has 2 aliphatic heterocycles. The second kappa shape index (κ2) is 7.18. The number of amides is 1. The lowest BCUT2D eigenvalue weighted by Crippen LogP contribution is -2.24. The highest BCUT2D eigenvalue weighted by Gasteiger charge is 2.31. The van der Waals surface area contributed by atoms with Gasteiger partial charge in [0.25, 0.3) is 5.91 Å². The number of benzene rings is 2. The number of hydrogen-bond acceptors (Lipinski definition) is 3. The van der Waals surface area contributed by atoms with Crippen LogP contribution < -0.4 is 0 Å². The number of nitrogens with zero attached hydrogens (tertiary/aromatic N) is 2. The molecule has 0 spiro atoms. The van der Waals surface area contributed by atoms with Gasteiger partial charge in [-0.25, -0.2) is 0 Å². The molecule has 0 unspecified atom stereocenters. The Balaban J connectivity index is 1.45. The Morgan fingerprint density at radius 3 is 2.64 bits per heavy atom. The molecule has 2 aromatic carbocycles. The van der Waals surface area contributed by atoms with Gasteiger partial charge in [-0.3, -0.25) is 4.79 Å². The van der Waals surface area contributed by atoms with Crippen molar-refractivity contribution in [2.75, 3.05) is 13.1 Å². The molecule has 5 heteroatoms. The summed E-state index contributed by atoms with van der Waals surface area (Å²) in [4.78, 5) is 19.5. The second-order valence-corrected chi connectivity index (χ2v) is 8.13. The molecule has 126 valence electrons. The van der Waals surface area contributed by atoms with E-state index in [0.29, 0.717) is 10.8 Å². The maximum atomic E-state index is 12.3. The lowest BCUT2D eigenvalue weighted by Gasteiger charge is -2.17. The molecule has 0 N–H and O–H groups in total. The van der Waals surface area contributed by atoms with Gasteiger partial charge in [-0.2, -0.15) is 4.99 Å². The van der Waals surface area contributed by atoms with Crippen molar-refractivity contribution in [2.45, 2.75) is 12.3 Å². The first-order chi connectivity index (χ1) is 12.2. The number of rotatable bonds is 2. The van der Waals surface area contributed by atoms with Gasteiger partial charge < -0.3 is 4.90 Å². The molecule has 2 aromatic rings. The maximum absolute atomic E-state index is 12.3. The van der Waals surface area contributed by atoms with Gasteiger partial charge in [-0.1, -0.05) is 58.4 Å². The van der Waals surface area contributed by atoms with E-state index in [2.05, 4.69) is 50.1 Å². The number of halogens is 1. The molecule has 0 aliphatic carbocycles. The van der Waals surface area contributed by atoms with E-state index in [1.165, 1.54) is 17.3 Å². The molecule has 3 nitrogen and oxygen atoms in total. The van der Waals surface area contributed by atoms with Crippen LogP contribution >= 0.6 is 27.7 Å². The monoisotopic (exact) mass is 412 g/mol. The molecule has 4 rings (SSSR count). The van der Waals surface area contributed by atoms with Crippen molar-refractivity contribution in [2.24, 2.45) is 4.99 Å². The van der Waals surface area contributed by atoms with Gasteiger partial charge in [0.05, 0.1) is 4.91 Å². The van der Waals surface area contributed by atoms with Crippen LogP contribution in [0.5, 0.6) is 0 Å². The average Bonchev–Trinajstić information content (AvgIpc) is 3.25. The third kappa shape index (κ3) is 3.72. The zero-order valence-corrected chi connectivity index (χ0v) is 16.0. The molecule has 1 atom stereocenters. The van der Waals surface area contributed by atoms with E-state index in [-0.39, 0.29) is 5.91 Å². The number of thioether (sulfide) groups is 1. The molecule has 2 aliphatic rings. The van der Waals surface area contributed by atoms with Crippen molar-refractivity contribution in [3.05, 3.63) is 75.1 Å². The van der Waals surface area contributed by atoms with E-state index >= 15 is 0 Å². The highest BCUT2D eigenvalue weighted by Crippen LogP contribution is 2.35. The van der Waals surface area contributed by atoms with Crippen molar-refractivity contribution < 1.29 is 4.79 Å². The summed E-state index contributed by atoms with van der Waals surface area (Å²) in [5.74, 6) is 0.380. The zero-order chi connectivity index (χ0) is 17.2. The van der Waals surface area contributed by atoms with Crippen LogP contribution in [-0.4, -0.2) is 29.1 Å². The summed E-state index contributed by atoms with van der Waals surface area (Å²) in [7, 11) is 0. The molecule has 2 heterocycles. The fourth-order valence-corrected chi connectivity index (χ4v) is 4.39. The minimum atomic E-state index is -0.133. The largest absolute Gasteiger partial charge is 0.350 e. The second-order valence-electron chi connectivity index (χ2n) is 6.20. The highest BCUT2D eigenvalue weighted by atomic mass is 79.9. The van der Waals surface area contributed by atoms with Crippen molar-refractivity contribution >= 4 is 44.8 Å². The molecular formula is C20H17BrN2OS. The number of amidine groups is 1. The fourth-order valence-electron chi connectivity index (χ4n) is 3.17. The van der Waals surface area contributed by atoms with Crippen LogP contribution in [0, 0.1) is 0 Å². The quantitative estimate of drug-likeness (QED) is 0.656. The van der Waals surface area contributed by atoms with Gasteiger partial charge in [-0.15, -0.1) is 0 Å². The average molecular weight is 413 g/mol. The number of likely N-dealkylation sites (tertiary alicyclic amines) is 1. The Morgan fingerprint density at radius 1 is 1.12 bits per heavy atom. The highest BCUT2D eigenvalue weighted by molar-refractivity contribution is 9.10. The molecule has 25 heavy (non-hydrogen) atoms. The Kier molecular flexibility index (Phi) is 4.77. The third-order valence-electron chi connectivity index (χ3n) is 4.51. The molecule has 0 aromatic heterocycles. The van der Waals surface area contributed by atoms with E-state index in [0.717, 1.165) is 34.7 Å². The van der Waals surface area contributed by atoms with Crippen LogP contribution in [0.25, 0.3) is 6.08 Å². The molecule has 0 radical (unpaired) electrons. The molecule has 0 bridgehead atoms. The van der Waals surface area contributed by atoms with Crippen molar-refractivity contribution in [1.29, 1.82) is 0 Å². The summed E-state index contributed by atoms with van der Waals surface area (Å²) < 4.78 is 1.03. The van der Waals surface area contributed by atoms with Gasteiger partial charge >= 0.3 is 0 Å². The van der Waals surface area contributed by atoms with Crippen molar-refractivity contribution in [3.63, 3.8) is 0 Å². The number of carbonyl (C=O) groups is 1. The first-order valence-electron chi connectivity index (χ1n) is 8.27. The van der Waals surface area contributed by atoms with E-state index in [9.17, 15) is 4.79 Å². The summed E-state index contributed by atoms with van der Waals surface area (Å²) in [5, 5.41) is 0.840. The predicted octanol–water partition coefficient (Wildman–Crippen LogP) is 4.91. The third-order valence-corrected chi connectivity index (χ3v) is 6.08. The smallest absolute Gasteiger partial charge is 0.286 e. The molecule has 1 amide bonds. The first-order valence-corrected chi connectivity index (χ1v) is 9.88. The molecule has 1 fully saturated rings. The van der Waals surface area contributed by atoms with Gasteiger partial charge in [0, 0.05) is 23.5 Å². The van der Waals surface area contributed by atoms with Crippen molar-refractivity contribution in [3.8, 4) is 0 Å². The van der Waals surface area contributed by atoms with Crippen LogP contribution in [0.2, 0.25) is 0 Å². The van der Waals surface area contributed by atoms with E-state index in [1.54, 1.807) is 0 Å². The lowest BCUT2D eigenvalue weighted by atomic mass is 9.99. The minimum Gasteiger partial charge on any atom is -0.350 e. The number of aliphatic imine (C=N–C) groups is 1. The Morgan fingerprint density at radius 2 is 1.88 bits per heavy atom. The topological polar surface area (TPSA) is 32.7 Å². The summed E-state index contributed by atoms with van der Waals surface area (Å²) in [5.41, 5.74) is 2.38. The molecular weight excluding hydrogens is 396 g/mol. The maximum Gasteiger partial charge on any atom is 0.286 e. The predicted molar refractivity (Wildman–Crippen MR) is 108 cm³/mol. The van der Waals surface area contributed by atoms with Crippen LogP contribution in [0.15, 0.2) is 69.0 Å². The van der Waals surface area contributed by atoms with Crippen LogP contribution in [0.1, 0.15) is 23.5 Å². The summed E-state index contributed by atoms with van der Waals surface area (Å²) >= 11 is 4.91. The summed E-state index contributed by atoms with van der Waals surface area (Å²) in [6.45, 7) is 1.87. The zero-order valence-electron chi connectivity index (χ0n) is 13.6. The van der Waals surface area contributed by atoms with E-state index in [4.69, 9.17) is 0 Å². The fraction of sp³-hybridized carbons (Fsp3) is 0.200. The first kappa shape index (κ1) is 16.6. The Bertz CT molecular complexity index is 846. The Labute approximate surface area is 160 Å². The van der Waals surface area contributed by atoms with Gasteiger partial charge in [0.1, 0.15) is 0 Å². The lowest BCUT2D eigenvalue weighted by molar-refractivity contribution is -0.113.